The van der Waals surface area contributed by atoms with Crippen LogP contribution < -0.4 is 10.9 Å². The SMILES string of the molecule is O=c1c(NC(c2ccccc2)c2ccccc2)ccc2n1CCC1(CC1)C2. The topological polar surface area (TPSA) is 34.0 Å². The lowest BCUT2D eigenvalue weighted by molar-refractivity contribution is 0.360. The van der Waals surface area contributed by atoms with E-state index in [0.29, 0.717) is 11.1 Å². The Balaban J connectivity index is 1.51. The van der Waals surface area contributed by atoms with Crippen molar-refractivity contribution in [3.8, 4) is 0 Å². The second-order valence-electron chi connectivity index (χ2n) is 8.02. The Hall–Kier alpha value is -2.81. The number of hydrogen-bond donors (Lipinski definition) is 1. The van der Waals surface area contributed by atoms with Gasteiger partial charge in [0.25, 0.3) is 5.56 Å². The molecule has 2 aliphatic rings. The van der Waals surface area contributed by atoms with Crippen LogP contribution in [0, 0.1) is 5.41 Å². The summed E-state index contributed by atoms with van der Waals surface area (Å²) in [6.45, 7) is 0.852. The van der Waals surface area contributed by atoms with Gasteiger partial charge in [-0.1, -0.05) is 60.7 Å². The number of aromatic nitrogens is 1. The largest absolute Gasteiger partial charge is 0.370 e. The fourth-order valence-corrected chi connectivity index (χ4v) is 4.36. The van der Waals surface area contributed by atoms with E-state index in [2.05, 4.69) is 35.6 Å². The highest BCUT2D eigenvalue weighted by molar-refractivity contribution is 5.48. The monoisotopic (exact) mass is 356 g/mol. The summed E-state index contributed by atoms with van der Waals surface area (Å²) in [6.07, 6.45) is 4.85. The smallest absolute Gasteiger partial charge is 0.274 e. The first-order chi connectivity index (χ1) is 13.2. The number of nitrogens with one attached hydrogen (secondary N) is 1. The van der Waals surface area contributed by atoms with Crippen molar-refractivity contribution < 1.29 is 0 Å². The summed E-state index contributed by atoms with van der Waals surface area (Å²) in [5, 5.41) is 3.53. The number of hydrogen-bond acceptors (Lipinski definition) is 2. The number of pyridine rings is 1. The predicted molar refractivity (Wildman–Crippen MR) is 109 cm³/mol. The summed E-state index contributed by atoms with van der Waals surface area (Å²) >= 11 is 0. The molecule has 5 rings (SSSR count). The zero-order chi connectivity index (χ0) is 18.3. The highest BCUT2D eigenvalue weighted by Gasteiger charge is 2.44. The molecule has 0 bridgehead atoms. The molecule has 1 saturated carbocycles. The van der Waals surface area contributed by atoms with Crippen LogP contribution in [0.4, 0.5) is 5.69 Å². The minimum absolute atomic E-state index is 0.0443. The maximum Gasteiger partial charge on any atom is 0.274 e. The first-order valence-corrected chi connectivity index (χ1v) is 9.83. The first kappa shape index (κ1) is 16.4. The van der Waals surface area contributed by atoms with Gasteiger partial charge in [-0.2, -0.15) is 0 Å². The molecule has 3 nitrogen and oxygen atoms in total. The van der Waals surface area contributed by atoms with E-state index >= 15 is 0 Å². The normalized spacial score (nSPS) is 16.9. The van der Waals surface area contributed by atoms with E-state index in [0.717, 1.165) is 30.5 Å². The van der Waals surface area contributed by atoms with Crippen molar-refractivity contribution in [1.82, 2.24) is 4.57 Å². The van der Waals surface area contributed by atoms with E-state index in [-0.39, 0.29) is 11.6 Å². The highest BCUT2D eigenvalue weighted by Crippen LogP contribution is 2.53. The maximum atomic E-state index is 13.1. The van der Waals surface area contributed by atoms with Crippen molar-refractivity contribution in [1.29, 1.82) is 0 Å². The number of rotatable bonds is 4. The van der Waals surface area contributed by atoms with Gasteiger partial charge < -0.3 is 9.88 Å². The van der Waals surface area contributed by atoms with Crippen molar-refractivity contribution >= 4 is 5.69 Å². The van der Waals surface area contributed by atoms with Crippen LogP contribution in [0.5, 0.6) is 0 Å². The van der Waals surface area contributed by atoms with Gasteiger partial charge in [0.2, 0.25) is 0 Å². The predicted octanol–water partition coefficient (Wildman–Crippen LogP) is 4.78. The van der Waals surface area contributed by atoms with E-state index in [1.807, 2.05) is 47.0 Å². The van der Waals surface area contributed by atoms with Crippen molar-refractivity contribution in [2.24, 2.45) is 5.41 Å². The second-order valence-corrected chi connectivity index (χ2v) is 8.02. The molecule has 1 aromatic heterocycles. The zero-order valence-electron chi connectivity index (χ0n) is 15.4. The highest BCUT2D eigenvalue weighted by atomic mass is 16.1. The Morgan fingerprint density at radius 3 is 2.04 bits per heavy atom. The Morgan fingerprint density at radius 1 is 0.815 bits per heavy atom. The van der Waals surface area contributed by atoms with Crippen molar-refractivity contribution in [2.45, 2.75) is 38.3 Å². The molecule has 0 amide bonds. The minimum atomic E-state index is -0.0443. The number of fused-ring (bicyclic) bond motifs is 1. The molecule has 2 aromatic carbocycles. The van der Waals surface area contributed by atoms with Crippen molar-refractivity contribution in [3.63, 3.8) is 0 Å². The van der Waals surface area contributed by atoms with E-state index in [1.54, 1.807) is 0 Å². The van der Waals surface area contributed by atoms with Gasteiger partial charge in [0, 0.05) is 12.2 Å². The van der Waals surface area contributed by atoms with E-state index in [9.17, 15) is 4.79 Å². The van der Waals surface area contributed by atoms with E-state index < -0.39 is 0 Å². The van der Waals surface area contributed by atoms with Gasteiger partial charge in [0.1, 0.15) is 5.69 Å². The summed E-state index contributed by atoms with van der Waals surface area (Å²) < 4.78 is 1.99. The lowest BCUT2D eigenvalue weighted by atomic mass is 9.92. The van der Waals surface area contributed by atoms with Gasteiger partial charge in [-0.25, -0.2) is 0 Å². The van der Waals surface area contributed by atoms with Crippen LogP contribution in [-0.4, -0.2) is 4.57 Å². The third-order valence-corrected chi connectivity index (χ3v) is 6.21. The van der Waals surface area contributed by atoms with Crippen molar-refractivity contribution in [2.75, 3.05) is 5.32 Å². The van der Waals surface area contributed by atoms with Gasteiger partial charge >= 0.3 is 0 Å². The molecule has 136 valence electrons. The number of benzene rings is 2. The molecular weight excluding hydrogens is 332 g/mol. The molecule has 0 saturated heterocycles. The quantitative estimate of drug-likeness (QED) is 0.730. The lowest BCUT2D eigenvalue weighted by Crippen LogP contribution is -2.32. The average Bonchev–Trinajstić information content (AvgIpc) is 3.47. The molecule has 27 heavy (non-hydrogen) atoms. The van der Waals surface area contributed by atoms with E-state index in [4.69, 9.17) is 0 Å². The van der Waals surface area contributed by atoms with Gasteiger partial charge in [-0.3, -0.25) is 4.79 Å². The van der Waals surface area contributed by atoms with Crippen LogP contribution in [0.3, 0.4) is 0 Å². The number of anilines is 1. The molecule has 2 heterocycles. The van der Waals surface area contributed by atoms with Gasteiger partial charge in [-0.15, -0.1) is 0 Å². The molecule has 1 aliphatic carbocycles. The fourth-order valence-electron chi connectivity index (χ4n) is 4.36. The van der Waals surface area contributed by atoms with Gasteiger partial charge in [0.15, 0.2) is 0 Å². The Morgan fingerprint density at radius 2 is 1.44 bits per heavy atom. The molecule has 3 heteroatoms. The van der Waals surface area contributed by atoms with Crippen LogP contribution in [-0.2, 0) is 13.0 Å². The third kappa shape index (κ3) is 3.08. The standard InChI is InChI=1S/C24H24N2O/c27-23-21(12-11-20-17-24(13-14-24)15-16-26(20)23)25-22(18-7-3-1-4-8-18)19-9-5-2-6-10-19/h1-12,22,25H,13-17H2. The fraction of sp³-hybridized carbons (Fsp3) is 0.292. The summed E-state index contributed by atoms with van der Waals surface area (Å²) in [4.78, 5) is 13.1. The molecule has 1 fully saturated rings. The average molecular weight is 356 g/mol. The molecule has 0 unspecified atom stereocenters. The molecule has 1 aliphatic heterocycles. The molecule has 3 aromatic rings. The van der Waals surface area contributed by atoms with Crippen LogP contribution in [0.2, 0.25) is 0 Å². The van der Waals surface area contributed by atoms with Gasteiger partial charge in [-0.05, 0) is 54.4 Å². The van der Waals surface area contributed by atoms with Crippen molar-refractivity contribution in [3.05, 3.63) is 100.0 Å². The maximum absolute atomic E-state index is 13.1. The van der Waals surface area contributed by atoms with E-state index in [1.165, 1.54) is 18.5 Å². The summed E-state index contributed by atoms with van der Waals surface area (Å²) in [6, 6.07) is 24.7. The van der Waals surface area contributed by atoms with Crippen LogP contribution >= 0.6 is 0 Å². The van der Waals surface area contributed by atoms with Gasteiger partial charge in [0.05, 0.1) is 6.04 Å². The molecule has 0 radical (unpaired) electrons. The third-order valence-electron chi connectivity index (χ3n) is 6.21. The molecule has 1 spiro atoms. The Kier molecular flexibility index (Phi) is 3.89. The lowest BCUT2D eigenvalue weighted by Gasteiger charge is -2.27. The Labute approximate surface area is 159 Å². The Bertz CT molecular complexity index is 964. The molecular formula is C24H24N2O. The second kappa shape index (κ2) is 6.41. The summed E-state index contributed by atoms with van der Waals surface area (Å²) in [5.41, 5.74) is 4.82. The molecule has 1 N–H and O–H groups in total. The molecule has 0 atom stereocenters. The first-order valence-electron chi connectivity index (χ1n) is 9.83. The summed E-state index contributed by atoms with van der Waals surface area (Å²) in [5.74, 6) is 0. The summed E-state index contributed by atoms with van der Waals surface area (Å²) in [7, 11) is 0. The zero-order valence-corrected chi connectivity index (χ0v) is 15.4. The number of nitrogens with zero attached hydrogens (tertiary/aromatic N) is 1. The van der Waals surface area contributed by atoms with Crippen LogP contribution in [0.25, 0.3) is 0 Å². The van der Waals surface area contributed by atoms with Crippen LogP contribution in [0.1, 0.15) is 42.1 Å². The van der Waals surface area contributed by atoms with Crippen LogP contribution in [0.15, 0.2) is 77.6 Å². The minimum Gasteiger partial charge on any atom is -0.370 e.